The van der Waals surface area contributed by atoms with Crippen LogP contribution in [0.25, 0.3) is 11.0 Å². The fraction of sp³-hybridized carbons (Fsp3) is 0.444. The fourth-order valence-corrected chi connectivity index (χ4v) is 7.19. The number of imidazole rings is 1. The molecule has 2 fully saturated rings. The van der Waals surface area contributed by atoms with Crippen molar-refractivity contribution in [3.8, 4) is 6.07 Å². The summed E-state index contributed by atoms with van der Waals surface area (Å²) in [4.78, 5) is 26.7. The highest BCUT2D eigenvalue weighted by Gasteiger charge is 2.25. The third kappa shape index (κ3) is 6.25. The van der Waals surface area contributed by atoms with Gasteiger partial charge in [0.15, 0.2) is 0 Å². The molecule has 3 aliphatic heterocycles. The van der Waals surface area contributed by atoms with Gasteiger partial charge in [0.05, 0.1) is 40.9 Å². The van der Waals surface area contributed by atoms with E-state index in [-0.39, 0.29) is 11.7 Å². The summed E-state index contributed by atoms with van der Waals surface area (Å²) in [7, 11) is 0. The Balaban J connectivity index is 1.07. The van der Waals surface area contributed by atoms with Gasteiger partial charge in [-0.15, -0.1) is 0 Å². The predicted molar refractivity (Wildman–Crippen MR) is 174 cm³/mol. The molecule has 0 amide bonds. The molecule has 9 heteroatoms. The standard InChI is InChI=1S/C36H40N6O3/c37-22-27-7-3-8-28-23-41(17-5-9-30(27)28)34-11-4-10-33(39-34)40-16-2-1-6-25(14-18-40)20-35-38-31-13-12-26(36(43)44)21-32(31)42(35)24-29-15-19-45-29/h3-4,7-8,10-13,21,25,29H,1-2,5-6,9,14-20,23-24H2,(H,43,44)/t25?,29-/m0/s1. The minimum Gasteiger partial charge on any atom is -0.478 e. The van der Waals surface area contributed by atoms with Crippen molar-refractivity contribution in [2.75, 3.05) is 36.0 Å². The first-order valence-electron chi connectivity index (χ1n) is 16.4. The van der Waals surface area contributed by atoms with E-state index in [9.17, 15) is 15.2 Å². The molecule has 5 heterocycles. The number of aromatic carboxylic acids is 1. The van der Waals surface area contributed by atoms with Gasteiger partial charge in [-0.1, -0.05) is 24.6 Å². The molecular formula is C36H40N6O3. The van der Waals surface area contributed by atoms with Gasteiger partial charge < -0.3 is 24.2 Å². The van der Waals surface area contributed by atoms with Gasteiger partial charge in [-0.25, -0.2) is 14.8 Å². The van der Waals surface area contributed by atoms with Crippen LogP contribution in [0.3, 0.4) is 0 Å². The monoisotopic (exact) mass is 604 g/mol. The number of anilines is 2. The van der Waals surface area contributed by atoms with Gasteiger partial charge in [0.2, 0.25) is 0 Å². The van der Waals surface area contributed by atoms with Crippen LogP contribution in [0.4, 0.5) is 11.6 Å². The number of nitrogens with zero attached hydrogens (tertiary/aromatic N) is 6. The highest BCUT2D eigenvalue weighted by Crippen LogP contribution is 2.30. The summed E-state index contributed by atoms with van der Waals surface area (Å²) in [5.41, 5.74) is 5.23. The second-order valence-electron chi connectivity index (χ2n) is 12.7. The van der Waals surface area contributed by atoms with Crippen molar-refractivity contribution >= 4 is 28.6 Å². The first kappa shape index (κ1) is 29.3. The van der Waals surface area contributed by atoms with Gasteiger partial charge in [-0.2, -0.15) is 5.26 Å². The highest BCUT2D eigenvalue weighted by molar-refractivity contribution is 5.92. The van der Waals surface area contributed by atoms with Crippen molar-refractivity contribution < 1.29 is 14.6 Å². The van der Waals surface area contributed by atoms with Crippen LogP contribution >= 0.6 is 0 Å². The van der Waals surface area contributed by atoms with Crippen LogP contribution in [0.1, 0.15) is 71.4 Å². The van der Waals surface area contributed by atoms with Crippen molar-refractivity contribution in [1.29, 1.82) is 5.26 Å². The zero-order valence-electron chi connectivity index (χ0n) is 25.7. The number of rotatable bonds is 7. The van der Waals surface area contributed by atoms with Gasteiger partial charge in [0.1, 0.15) is 17.5 Å². The van der Waals surface area contributed by atoms with Crippen LogP contribution in [0.2, 0.25) is 0 Å². The zero-order chi connectivity index (χ0) is 30.8. The van der Waals surface area contributed by atoms with Gasteiger partial charge in [-0.3, -0.25) is 0 Å². The molecule has 3 aliphatic rings. The van der Waals surface area contributed by atoms with Crippen molar-refractivity contribution in [3.05, 3.63) is 82.7 Å². The van der Waals surface area contributed by atoms with Gasteiger partial charge in [-0.05, 0) is 92.0 Å². The largest absolute Gasteiger partial charge is 0.478 e. The lowest BCUT2D eigenvalue weighted by molar-refractivity contribution is -0.0590. The molecule has 9 nitrogen and oxygen atoms in total. The Bertz CT molecular complexity index is 1740. The minimum absolute atomic E-state index is 0.159. The molecule has 1 unspecified atom stereocenters. The Labute approximate surface area is 264 Å². The minimum atomic E-state index is -0.919. The van der Waals surface area contributed by atoms with E-state index in [1.165, 1.54) is 11.1 Å². The van der Waals surface area contributed by atoms with E-state index in [4.69, 9.17) is 14.7 Å². The molecule has 4 aromatic rings. The highest BCUT2D eigenvalue weighted by atomic mass is 16.5. The van der Waals surface area contributed by atoms with E-state index in [0.717, 1.165) is 118 Å². The van der Waals surface area contributed by atoms with Crippen LogP contribution < -0.4 is 9.80 Å². The number of hydrogen-bond acceptors (Lipinski definition) is 7. The maximum absolute atomic E-state index is 11.7. The van der Waals surface area contributed by atoms with Crippen LogP contribution in [0, 0.1) is 17.2 Å². The lowest BCUT2D eigenvalue weighted by Crippen LogP contribution is -2.33. The SMILES string of the molecule is N#Cc1cccc2c1CCCN(c1cccc(N3CCCCC(Cc4nc5ccc(C(=O)O)cc5n4C[C@@H]4CCO4)CC3)n1)C2. The summed E-state index contributed by atoms with van der Waals surface area (Å²) in [5, 5.41) is 19.2. The number of carboxylic acids is 1. The number of aromatic nitrogens is 3. The number of nitriles is 1. The van der Waals surface area contributed by atoms with Crippen molar-refractivity contribution in [3.63, 3.8) is 0 Å². The molecule has 1 N–H and O–H groups in total. The number of pyridine rings is 1. The third-order valence-electron chi connectivity index (χ3n) is 9.80. The summed E-state index contributed by atoms with van der Waals surface area (Å²) in [6.45, 7) is 5.11. The molecule has 7 rings (SSSR count). The molecule has 0 bridgehead atoms. The fourth-order valence-electron chi connectivity index (χ4n) is 7.19. The first-order chi connectivity index (χ1) is 22.1. The maximum atomic E-state index is 11.7. The van der Waals surface area contributed by atoms with Gasteiger partial charge >= 0.3 is 5.97 Å². The van der Waals surface area contributed by atoms with E-state index in [1.54, 1.807) is 12.1 Å². The average Bonchev–Trinajstić information content (AvgIpc) is 3.19. The molecule has 2 aromatic heterocycles. The summed E-state index contributed by atoms with van der Waals surface area (Å²) in [5.74, 6) is 2.61. The van der Waals surface area contributed by atoms with Crippen molar-refractivity contribution in [2.24, 2.45) is 5.92 Å². The maximum Gasteiger partial charge on any atom is 0.335 e. The number of carbonyl (C=O) groups is 1. The zero-order valence-corrected chi connectivity index (χ0v) is 25.7. The predicted octanol–water partition coefficient (Wildman–Crippen LogP) is 5.98. The summed E-state index contributed by atoms with van der Waals surface area (Å²) >= 11 is 0. The van der Waals surface area contributed by atoms with Crippen LogP contribution in [0.15, 0.2) is 54.6 Å². The molecule has 0 aliphatic carbocycles. The Morgan fingerprint density at radius 2 is 1.78 bits per heavy atom. The quantitative estimate of drug-likeness (QED) is 0.275. The van der Waals surface area contributed by atoms with Gasteiger partial charge in [0, 0.05) is 39.2 Å². The second kappa shape index (κ2) is 12.9. The molecule has 232 valence electrons. The summed E-state index contributed by atoms with van der Waals surface area (Å²) < 4.78 is 7.98. The third-order valence-corrected chi connectivity index (χ3v) is 9.80. The van der Waals surface area contributed by atoms with Gasteiger partial charge in [0.25, 0.3) is 0 Å². The molecule has 45 heavy (non-hydrogen) atoms. The molecule has 0 radical (unpaired) electrons. The molecular weight excluding hydrogens is 564 g/mol. The van der Waals surface area contributed by atoms with E-state index in [1.807, 2.05) is 18.2 Å². The van der Waals surface area contributed by atoms with Crippen molar-refractivity contribution in [2.45, 2.75) is 70.6 Å². The van der Waals surface area contributed by atoms with E-state index in [0.29, 0.717) is 12.5 Å². The topological polar surface area (TPSA) is 108 Å². The van der Waals surface area contributed by atoms with Crippen LogP contribution in [0.5, 0.6) is 0 Å². The molecule has 2 aromatic carbocycles. The Morgan fingerprint density at radius 1 is 0.956 bits per heavy atom. The molecule has 0 spiro atoms. The summed E-state index contributed by atoms with van der Waals surface area (Å²) in [6.07, 6.45) is 8.43. The van der Waals surface area contributed by atoms with Crippen molar-refractivity contribution in [1.82, 2.24) is 14.5 Å². The first-order valence-corrected chi connectivity index (χ1v) is 16.4. The smallest absolute Gasteiger partial charge is 0.335 e. The number of fused-ring (bicyclic) bond motifs is 2. The lowest BCUT2D eigenvalue weighted by Gasteiger charge is -2.31. The Morgan fingerprint density at radius 3 is 2.58 bits per heavy atom. The Kier molecular flexibility index (Phi) is 8.40. The van der Waals surface area contributed by atoms with Crippen LogP contribution in [-0.4, -0.2) is 58.0 Å². The van der Waals surface area contributed by atoms with E-state index < -0.39 is 5.97 Å². The second-order valence-corrected chi connectivity index (χ2v) is 12.7. The van der Waals surface area contributed by atoms with E-state index >= 15 is 0 Å². The molecule has 2 saturated heterocycles. The molecule has 0 saturated carbocycles. The van der Waals surface area contributed by atoms with Crippen LogP contribution in [-0.2, 0) is 30.7 Å². The lowest BCUT2D eigenvalue weighted by atomic mass is 9.92. The number of benzene rings is 2. The van der Waals surface area contributed by atoms with E-state index in [2.05, 4.69) is 44.7 Å². The number of carboxylic acid groups (broad SMARTS) is 1. The normalized spacial score (nSPS) is 20.4. The number of ether oxygens (including phenoxy) is 1. The average molecular weight is 605 g/mol. The summed E-state index contributed by atoms with van der Waals surface area (Å²) in [6, 6.07) is 20.1. The number of hydrogen-bond donors (Lipinski definition) is 1. The Hall–Kier alpha value is -4.42. The molecule has 2 atom stereocenters.